The van der Waals surface area contributed by atoms with Crippen LogP contribution in [0.3, 0.4) is 0 Å². The fourth-order valence-electron chi connectivity index (χ4n) is 3.31. The molecule has 4 unspecified atom stereocenters. The average Bonchev–Trinajstić information content (AvgIpc) is 3.28. The summed E-state index contributed by atoms with van der Waals surface area (Å²) in [6.07, 6.45) is 0.370. The van der Waals surface area contributed by atoms with Crippen molar-refractivity contribution in [3.8, 4) is 0 Å². The van der Waals surface area contributed by atoms with E-state index < -0.39 is 72.5 Å². The Bertz CT molecular complexity index is 839. The van der Waals surface area contributed by atoms with Crippen LogP contribution in [0.15, 0.2) is 4.99 Å². The van der Waals surface area contributed by atoms with E-state index in [1.165, 1.54) is 0 Å². The maximum atomic E-state index is 13.0. The van der Waals surface area contributed by atoms with Crippen molar-refractivity contribution in [1.82, 2.24) is 21.3 Å². The number of nitrogens with one attached hydrogen (secondary N) is 4. The fraction of sp³-hybridized carbons (Fsp3) is 0.632. The molecule has 0 aromatic heterocycles. The van der Waals surface area contributed by atoms with Gasteiger partial charge in [0.25, 0.3) is 0 Å². The van der Waals surface area contributed by atoms with Crippen molar-refractivity contribution in [3.63, 3.8) is 0 Å². The summed E-state index contributed by atoms with van der Waals surface area (Å²) < 4.78 is 0. The van der Waals surface area contributed by atoms with Crippen molar-refractivity contribution < 1.29 is 33.9 Å². The van der Waals surface area contributed by atoms with Gasteiger partial charge in [0, 0.05) is 6.54 Å². The highest BCUT2D eigenvalue weighted by Gasteiger charge is 2.32. The maximum absolute atomic E-state index is 13.0. The summed E-state index contributed by atoms with van der Waals surface area (Å²) in [5.41, 5.74) is 20.7. The van der Waals surface area contributed by atoms with Crippen molar-refractivity contribution in [3.05, 3.63) is 0 Å². The van der Waals surface area contributed by atoms with Crippen molar-refractivity contribution in [2.45, 2.75) is 62.7 Å². The van der Waals surface area contributed by atoms with Crippen LogP contribution in [0.1, 0.15) is 38.5 Å². The van der Waals surface area contributed by atoms with Gasteiger partial charge in [-0.1, -0.05) is 0 Å². The number of carbonyl (C=O) groups excluding carboxylic acids is 5. The van der Waals surface area contributed by atoms with Crippen LogP contribution in [0, 0.1) is 0 Å². The number of rotatable bonds is 15. The largest absolute Gasteiger partial charge is 0.480 e. The van der Waals surface area contributed by atoms with Gasteiger partial charge in [-0.2, -0.15) is 0 Å². The summed E-state index contributed by atoms with van der Waals surface area (Å²) in [6.45, 7) is 0.818. The number of primary amides is 2. The summed E-state index contributed by atoms with van der Waals surface area (Å²) in [5, 5.41) is 19.1. The minimum Gasteiger partial charge on any atom is -0.480 e. The predicted molar refractivity (Wildman–Crippen MR) is 122 cm³/mol. The van der Waals surface area contributed by atoms with Crippen LogP contribution in [0.25, 0.3) is 0 Å². The molecular formula is C19H33N9O7. The Labute approximate surface area is 201 Å². The van der Waals surface area contributed by atoms with E-state index in [0.29, 0.717) is 19.4 Å². The van der Waals surface area contributed by atoms with E-state index in [0.717, 1.165) is 6.42 Å². The fourth-order valence-corrected chi connectivity index (χ4v) is 3.31. The molecule has 0 aliphatic carbocycles. The molecule has 1 fully saturated rings. The molecule has 1 aliphatic rings. The zero-order chi connectivity index (χ0) is 26.5. The van der Waals surface area contributed by atoms with Crippen LogP contribution in [0.4, 0.5) is 0 Å². The molecular weight excluding hydrogens is 466 g/mol. The Kier molecular flexibility index (Phi) is 11.9. The number of nitrogens with two attached hydrogens (primary N) is 4. The first-order valence-corrected chi connectivity index (χ1v) is 10.9. The smallest absolute Gasteiger partial charge is 0.326 e. The first-order chi connectivity index (χ1) is 16.4. The van der Waals surface area contributed by atoms with Gasteiger partial charge in [-0.15, -0.1) is 0 Å². The number of carboxylic acids is 1. The molecule has 0 radical (unpaired) electrons. The van der Waals surface area contributed by atoms with Crippen LogP contribution < -0.4 is 44.2 Å². The van der Waals surface area contributed by atoms with Gasteiger partial charge in [0.2, 0.25) is 29.5 Å². The van der Waals surface area contributed by atoms with Gasteiger partial charge in [0.15, 0.2) is 5.96 Å². The lowest BCUT2D eigenvalue weighted by molar-refractivity contribution is -0.144. The molecule has 0 saturated carbocycles. The molecule has 1 heterocycles. The predicted octanol–water partition coefficient (Wildman–Crippen LogP) is -4.92. The van der Waals surface area contributed by atoms with Gasteiger partial charge < -0.3 is 49.3 Å². The topological polar surface area (TPSA) is 287 Å². The number of aliphatic carboxylic acids is 1. The maximum Gasteiger partial charge on any atom is 0.326 e. The molecule has 0 aromatic rings. The Morgan fingerprint density at radius 1 is 0.886 bits per heavy atom. The molecule has 0 spiro atoms. The van der Waals surface area contributed by atoms with E-state index in [9.17, 15) is 33.9 Å². The number of aliphatic imine (C=N–C) groups is 1. The number of carboxylic acid groups (broad SMARTS) is 1. The van der Waals surface area contributed by atoms with E-state index in [2.05, 4.69) is 20.9 Å². The zero-order valence-electron chi connectivity index (χ0n) is 19.1. The number of amides is 5. The van der Waals surface area contributed by atoms with Gasteiger partial charge in [-0.3, -0.25) is 29.0 Å². The molecule has 16 heteroatoms. The number of hydrogen-bond acceptors (Lipinski definition) is 8. The average molecular weight is 500 g/mol. The lowest BCUT2D eigenvalue weighted by Crippen LogP contribution is -2.58. The number of nitrogens with zero attached hydrogens (tertiary/aromatic N) is 1. The minimum absolute atomic E-state index is 0.0887. The molecule has 196 valence electrons. The van der Waals surface area contributed by atoms with Crippen molar-refractivity contribution in [2.75, 3.05) is 13.1 Å². The van der Waals surface area contributed by atoms with Crippen molar-refractivity contribution >= 4 is 41.5 Å². The lowest BCUT2D eigenvalue weighted by Gasteiger charge is -2.24. The molecule has 1 saturated heterocycles. The molecule has 1 rings (SSSR count). The van der Waals surface area contributed by atoms with Gasteiger partial charge in [-0.05, 0) is 32.2 Å². The second kappa shape index (κ2) is 14.3. The van der Waals surface area contributed by atoms with E-state index >= 15 is 0 Å². The van der Waals surface area contributed by atoms with Gasteiger partial charge >= 0.3 is 5.97 Å². The van der Waals surface area contributed by atoms with E-state index in [4.69, 9.17) is 22.9 Å². The molecule has 13 N–H and O–H groups in total. The third-order valence-corrected chi connectivity index (χ3v) is 5.01. The summed E-state index contributed by atoms with van der Waals surface area (Å²) in [4.78, 5) is 75.8. The van der Waals surface area contributed by atoms with Crippen molar-refractivity contribution in [1.29, 1.82) is 0 Å². The van der Waals surface area contributed by atoms with Gasteiger partial charge in [0.1, 0.15) is 18.1 Å². The Hall–Kier alpha value is -3.95. The molecule has 0 aromatic carbocycles. The number of hydrogen-bond donors (Lipinski definition) is 9. The molecule has 5 amide bonds. The van der Waals surface area contributed by atoms with Crippen LogP contribution in [0.5, 0.6) is 0 Å². The first kappa shape index (κ1) is 29.1. The summed E-state index contributed by atoms with van der Waals surface area (Å²) in [7, 11) is 0. The van der Waals surface area contributed by atoms with Crippen LogP contribution in [-0.4, -0.2) is 83.8 Å². The van der Waals surface area contributed by atoms with E-state index in [1.54, 1.807) is 0 Å². The van der Waals surface area contributed by atoms with Crippen LogP contribution >= 0.6 is 0 Å². The second-order valence-electron chi connectivity index (χ2n) is 7.96. The Morgan fingerprint density at radius 2 is 1.46 bits per heavy atom. The molecule has 1 aliphatic heterocycles. The van der Waals surface area contributed by atoms with Gasteiger partial charge in [0.05, 0.1) is 18.9 Å². The third-order valence-electron chi connectivity index (χ3n) is 5.01. The third kappa shape index (κ3) is 11.1. The number of guanidine groups is 1. The normalized spacial score (nSPS) is 17.3. The summed E-state index contributed by atoms with van der Waals surface area (Å²) in [6, 6.07) is -4.87. The first-order valence-electron chi connectivity index (χ1n) is 10.9. The molecule has 4 atom stereocenters. The molecule has 35 heavy (non-hydrogen) atoms. The molecule has 16 nitrogen and oxygen atoms in total. The summed E-state index contributed by atoms with van der Waals surface area (Å²) in [5.74, 6) is -5.96. The monoisotopic (exact) mass is 499 g/mol. The SMILES string of the molecule is NC(=O)CC(NC(=O)C(CC(N)=O)NC(=O)C(CCCN=C(N)N)NC(=O)C1CCCN1)C(=O)O. The van der Waals surface area contributed by atoms with E-state index in [-0.39, 0.29) is 18.9 Å². The second-order valence-corrected chi connectivity index (χ2v) is 7.96. The number of carbonyl (C=O) groups is 6. The highest BCUT2D eigenvalue weighted by molar-refractivity contribution is 5.96. The summed E-state index contributed by atoms with van der Waals surface area (Å²) >= 11 is 0. The lowest BCUT2D eigenvalue weighted by atomic mass is 10.1. The Morgan fingerprint density at radius 3 is 1.97 bits per heavy atom. The highest BCUT2D eigenvalue weighted by Crippen LogP contribution is 2.07. The quantitative estimate of drug-likeness (QED) is 0.0587. The van der Waals surface area contributed by atoms with Crippen molar-refractivity contribution in [2.24, 2.45) is 27.9 Å². The van der Waals surface area contributed by atoms with Crippen LogP contribution in [0.2, 0.25) is 0 Å². The standard InChI is InChI=1S/C19H33N9O7/c20-13(29)7-11(17(33)28-12(18(34)35)8-14(21)30)27-16(32)10(4-2-6-25-19(22)23)26-15(31)9-3-1-5-24-9/h9-12,24H,1-8H2,(H2,20,29)(H2,21,30)(H,26,31)(H,27,32)(H,28,33)(H,34,35)(H4,22,23,25). The van der Waals surface area contributed by atoms with E-state index in [1.807, 2.05) is 5.32 Å². The van der Waals surface area contributed by atoms with Gasteiger partial charge in [-0.25, -0.2) is 4.79 Å². The Balaban J connectivity index is 2.97. The zero-order valence-corrected chi connectivity index (χ0v) is 19.1. The minimum atomic E-state index is -1.68. The van der Waals surface area contributed by atoms with Crippen LogP contribution in [-0.2, 0) is 28.8 Å². The highest BCUT2D eigenvalue weighted by atomic mass is 16.4. The molecule has 0 bridgehead atoms.